The van der Waals surface area contributed by atoms with Gasteiger partial charge >= 0.3 is 0 Å². The van der Waals surface area contributed by atoms with Gasteiger partial charge in [-0.15, -0.1) is 0 Å². The van der Waals surface area contributed by atoms with Crippen molar-refractivity contribution in [2.45, 2.75) is 19.0 Å². The van der Waals surface area contributed by atoms with E-state index in [0.29, 0.717) is 11.1 Å². The minimum atomic E-state index is -1.12. The average Bonchev–Trinajstić information content (AvgIpc) is 2.86. The molecule has 5 rings (SSSR count). The van der Waals surface area contributed by atoms with Crippen molar-refractivity contribution < 1.29 is 23.4 Å². The normalized spacial score (nSPS) is 20.6. The number of fused-ring (bicyclic) bond motifs is 5. The summed E-state index contributed by atoms with van der Waals surface area (Å²) in [7, 11) is 0. The van der Waals surface area contributed by atoms with E-state index in [0.717, 1.165) is 12.1 Å². The molecule has 3 aromatic rings. The fourth-order valence-corrected chi connectivity index (χ4v) is 4.42. The van der Waals surface area contributed by atoms with Crippen LogP contribution in [0.3, 0.4) is 0 Å². The highest BCUT2D eigenvalue weighted by Gasteiger charge is 2.39. The molecule has 0 aliphatic carbocycles. The monoisotopic (exact) mass is 465 g/mol. The summed E-state index contributed by atoms with van der Waals surface area (Å²) < 4.78 is 36.3. The Morgan fingerprint density at radius 1 is 1.06 bits per heavy atom. The molecule has 2 bridgehead atoms. The standard InChI is InChI=1S/C25H21F2N3O4/c1-15-6-5-13-34-24-17(9-10-18(26)20(24)27)21(16-7-3-2-4-8-16)30-14-28(15)25(33)22-23(32)19(31)11-12-29(22)30/h2-12,15,21,32H,13-14H2,1H3/b6-5+/t15-,21+/m0/s1. The highest BCUT2D eigenvalue weighted by molar-refractivity contribution is 5.96. The van der Waals surface area contributed by atoms with Gasteiger partial charge in [-0.3, -0.25) is 19.3 Å². The molecule has 0 fully saturated rings. The lowest BCUT2D eigenvalue weighted by Gasteiger charge is -2.45. The molecule has 3 heterocycles. The maximum absolute atomic E-state index is 15.0. The van der Waals surface area contributed by atoms with Gasteiger partial charge in [0.1, 0.15) is 19.3 Å². The molecular weight excluding hydrogens is 444 g/mol. The van der Waals surface area contributed by atoms with Crippen LogP contribution in [0.2, 0.25) is 0 Å². The number of hydrogen-bond donors (Lipinski definition) is 1. The Kier molecular flexibility index (Phi) is 5.31. The molecule has 2 aromatic carbocycles. The molecule has 1 N–H and O–H groups in total. The molecule has 1 amide bonds. The van der Waals surface area contributed by atoms with Crippen molar-refractivity contribution in [3.05, 3.63) is 106 Å². The number of benzene rings is 2. The van der Waals surface area contributed by atoms with Crippen LogP contribution in [0.1, 0.15) is 34.6 Å². The zero-order valence-electron chi connectivity index (χ0n) is 18.2. The Labute approximate surface area is 193 Å². The Morgan fingerprint density at radius 3 is 2.59 bits per heavy atom. The van der Waals surface area contributed by atoms with Crippen LogP contribution in [0, 0.1) is 11.6 Å². The first-order valence-electron chi connectivity index (χ1n) is 10.7. The molecule has 0 unspecified atom stereocenters. The largest absolute Gasteiger partial charge is 0.502 e. The van der Waals surface area contributed by atoms with Crippen LogP contribution in [0.5, 0.6) is 11.5 Å². The lowest BCUT2D eigenvalue weighted by atomic mass is 9.96. The molecule has 7 nitrogen and oxygen atoms in total. The van der Waals surface area contributed by atoms with Gasteiger partial charge in [-0.2, -0.15) is 4.39 Å². The van der Waals surface area contributed by atoms with E-state index in [-0.39, 0.29) is 24.7 Å². The predicted molar refractivity (Wildman–Crippen MR) is 120 cm³/mol. The van der Waals surface area contributed by atoms with Gasteiger partial charge < -0.3 is 14.7 Å². The summed E-state index contributed by atoms with van der Waals surface area (Å²) in [5.41, 5.74) is 0.134. The van der Waals surface area contributed by atoms with E-state index in [4.69, 9.17) is 4.74 Å². The van der Waals surface area contributed by atoms with Gasteiger partial charge in [0.15, 0.2) is 23.0 Å². The third-order valence-corrected chi connectivity index (χ3v) is 6.11. The second-order valence-electron chi connectivity index (χ2n) is 8.15. The lowest BCUT2D eigenvalue weighted by Crippen LogP contribution is -2.57. The fraction of sp³-hybridized carbons (Fsp3) is 0.200. The summed E-state index contributed by atoms with van der Waals surface area (Å²) in [6.07, 6.45) is 4.71. The van der Waals surface area contributed by atoms with E-state index >= 15 is 0 Å². The maximum atomic E-state index is 15.0. The molecule has 2 aliphatic rings. The lowest BCUT2D eigenvalue weighted by molar-refractivity contribution is 0.0643. The molecule has 0 saturated carbocycles. The molecule has 1 aromatic heterocycles. The number of carbonyl (C=O) groups excluding carboxylic acids is 1. The number of pyridine rings is 1. The smallest absolute Gasteiger partial charge is 0.278 e. The quantitative estimate of drug-likeness (QED) is 0.559. The van der Waals surface area contributed by atoms with Crippen molar-refractivity contribution in [1.82, 2.24) is 9.58 Å². The number of hydrogen-bond acceptors (Lipinski definition) is 5. The van der Waals surface area contributed by atoms with Gasteiger partial charge in [0.05, 0.1) is 0 Å². The number of ether oxygens (including phenoxy) is 1. The first kappa shape index (κ1) is 21.7. The predicted octanol–water partition coefficient (Wildman–Crippen LogP) is 3.31. The summed E-state index contributed by atoms with van der Waals surface area (Å²) >= 11 is 0. The third-order valence-electron chi connectivity index (χ3n) is 6.11. The molecule has 2 aliphatic heterocycles. The Morgan fingerprint density at radius 2 is 1.82 bits per heavy atom. The van der Waals surface area contributed by atoms with Gasteiger partial charge in [0.2, 0.25) is 11.2 Å². The minimum absolute atomic E-state index is 0.0393. The SMILES string of the molecule is C[C@H]1/C=C/COc2c(ccc(F)c2F)[C@@H](c2ccccc2)N2CN1C(=O)c1c(O)c(=O)ccn12. The summed E-state index contributed by atoms with van der Waals surface area (Å²) in [5.74, 6) is -3.62. The van der Waals surface area contributed by atoms with Crippen LogP contribution in [-0.4, -0.2) is 39.9 Å². The van der Waals surface area contributed by atoms with E-state index in [1.807, 2.05) is 30.3 Å². The van der Waals surface area contributed by atoms with Crippen molar-refractivity contribution in [3.8, 4) is 11.5 Å². The Hall–Kier alpha value is -4.14. The molecule has 0 spiro atoms. The van der Waals surface area contributed by atoms with Crippen LogP contribution in [-0.2, 0) is 0 Å². The number of aromatic nitrogens is 1. The second-order valence-corrected chi connectivity index (χ2v) is 8.15. The Bertz CT molecular complexity index is 1360. The highest BCUT2D eigenvalue weighted by atomic mass is 19.2. The van der Waals surface area contributed by atoms with E-state index in [1.54, 1.807) is 24.1 Å². The van der Waals surface area contributed by atoms with E-state index in [1.165, 1.54) is 21.8 Å². The molecule has 34 heavy (non-hydrogen) atoms. The summed E-state index contributed by atoms with van der Waals surface area (Å²) in [5, 5.41) is 12.3. The molecule has 9 heteroatoms. The zero-order valence-corrected chi connectivity index (χ0v) is 18.2. The number of nitrogens with zero attached hydrogens (tertiary/aromatic N) is 3. The minimum Gasteiger partial charge on any atom is -0.502 e. The van der Waals surface area contributed by atoms with Gasteiger partial charge in [-0.25, -0.2) is 4.39 Å². The van der Waals surface area contributed by atoms with Crippen molar-refractivity contribution in [3.63, 3.8) is 0 Å². The Balaban J connectivity index is 1.84. The number of halogens is 2. The maximum Gasteiger partial charge on any atom is 0.278 e. The van der Waals surface area contributed by atoms with E-state index < -0.39 is 40.8 Å². The zero-order chi connectivity index (χ0) is 24.0. The van der Waals surface area contributed by atoms with Gasteiger partial charge in [0, 0.05) is 23.9 Å². The van der Waals surface area contributed by atoms with Crippen LogP contribution in [0.15, 0.2) is 71.7 Å². The molecule has 0 saturated heterocycles. The van der Waals surface area contributed by atoms with E-state index in [9.17, 15) is 23.5 Å². The molecule has 174 valence electrons. The fourth-order valence-electron chi connectivity index (χ4n) is 4.42. The topological polar surface area (TPSA) is 75.0 Å². The first-order valence-corrected chi connectivity index (χ1v) is 10.7. The van der Waals surface area contributed by atoms with Crippen LogP contribution in [0.25, 0.3) is 0 Å². The van der Waals surface area contributed by atoms with Crippen LogP contribution >= 0.6 is 0 Å². The summed E-state index contributed by atoms with van der Waals surface area (Å²) in [6, 6.07) is 11.5. The van der Waals surface area contributed by atoms with Crippen molar-refractivity contribution >= 4 is 5.91 Å². The average molecular weight is 465 g/mol. The molecule has 0 radical (unpaired) electrons. The number of amides is 1. The second kappa shape index (κ2) is 8.33. The molecular formula is C25H21F2N3O4. The first-order chi connectivity index (χ1) is 16.4. The third kappa shape index (κ3) is 3.40. The number of carbonyl (C=O) groups is 1. The van der Waals surface area contributed by atoms with Crippen molar-refractivity contribution in [1.29, 1.82) is 0 Å². The summed E-state index contributed by atoms with van der Waals surface area (Å²) in [6.45, 7) is 1.78. The number of aromatic hydroxyl groups is 1. The van der Waals surface area contributed by atoms with Crippen molar-refractivity contribution in [2.75, 3.05) is 18.3 Å². The highest BCUT2D eigenvalue weighted by Crippen LogP contribution is 2.39. The van der Waals surface area contributed by atoms with E-state index in [2.05, 4.69) is 0 Å². The van der Waals surface area contributed by atoms with Gasteiger partial charge in [-0.05, 0) is 30.7 Å². The molecule has 2 atom stereocenters. The van der Waals surface area contributed by atoms with Crippen LogP contribution < -0.4 is 15.2 Å². The van der Waals surface area contributed by atoms with Crippen LogP contribution in [0.4, 0.5) is 8.78 Å². The number of rotatable bonds is 1. The van der Waals surface area contributed by atoms with Gasteiger partial charge in [-0.1, -0.05) is 36.4 Å². The van der Waals surface area contributed by atoms with Gasteiger partial charge in [0.25, 0.3) is 5.91 Å². The summed E-state index contributed by atoms with van der Waals surface area (Å²) in [4.78, 5) is 27.1. The van der Waals surface area contributed by atoms with Crippen molar-refractivity contribution in [2.24, 2.45) is 0 Å².